The van der Waals surface area contributed by atoms with Crippen molar-refractivity contribution in [2.45, 2.75) is 30.8 Å². The van der Waals surface area contributed by atoms with Gasteiger partial charge < -0.3 is 4.79 Å². The number of nitrogens with zero attached hydrogens (tertiary/aromatic N) is 2. The lowest BCUT2D eigenvalue weighted by molar-refractivity contribution is -0.144. The van der Waals surface area contributed by atoms with E-state index >= 15 is 0 Å². The minimum atomic E-state index is -4.91. The maximum absolute atomic E-state index is 14.4. The molecule has 0 bridgehead atoms. The third-order valence-electron chi connectivity index (χ3n) is 3.78. The molecule has 0 unspecified atom stereocenters. The van der Waals surface area contributed by atoms with Gasteiger partial charge in [0.2, 0.25) is 0 Å². The van der Waals surface area contributed by atoms with Gasteiger partial charge in [-0.25, -0.2) is 13.8 Å². The van der Waals surface area contributed by atoms with Crippen LogP contribution in [0.1, 0.15) is 25.5 Å². The summed E-state index contributed by atoms with van der Waals surface area (Å²) in [6.07, 6.45) is -4.04. The van der Waals surface area contributed by atoms with Crippen molar-refractivity contribution >= 4 is 29.1 Å². The summed E-state index contributed by atoms with van der Waals surface area (Å²) in [5.41, 5.74) is -4.59. The molecular formula is C17H15ClF4N2O3S. The lowest BCUT2D eigenvalue weighted by atomic mass is 10.3. The highest BCUT2D eigenvalue weighted by Crippen LogP contribution is 2.32. The average Bonchev–Trinajstić information content (AvgIpc) is 2.56. The van der Waals surface area contributed by atoms with Crippen LogP contribution in [0.2, 0.25) is 5.02 Å². The van der Waals surface area contributed by atoms with Crippen molar-refractivity contribution in [3.05, 3.63) is 55.6 Å². The number of Topliss-reactive ketones (excluding diaryl/α,β-unsaturated/α-hetero) is 1. The van der Waals surface area contributed by atoms with Crippen LogP contribution in [0.4, 0.5) is 17.6 Å². The SMILES string of the molecule is CC(=O)CCCSc1cc(-n2c(=O)cc(C(F)(F)F)n(C)c2=O)c(F)cc1Cl. The third kappa shape index (κ3) is 4.85. The number of ketones is 1. The smallest absolute Gasteiger partial charge is 0.300 e. The summed E-state index contributed by atoms with van der Waals surface area (Å²) in [5, 5.41) is 0.0193. The molecule has 0 N–H and O–H groups in total. The first-order valence-corrected chi connectivity index (χ1v) is 9.31. The maximum Gasteiger partial charge on any atom is 0.431 e. The Bertz CT molecular complexity index is 1030. The lowest BCUT2D eigenvalue weighted by Crippen LogP contribution is -2.41. The zero-order valence-electron chi connectivity index (χ0n) is 14.8. The second-order valence-electron chi connectivity index (χ2n) is 5.93. The van der Waals surface area contributed by atoms with Crippen molar-refractivity contribution < 1.29 is 22.4 Å². The fourth-order valence-corrected chi connectivity index (χ4v) is 3.64. The Kier molecular flexibility index (Phi) is 6.76. The number of benzene rings is 1. The normalized spacial score (nSPS) is 11.7. The van der Waals surface area contributed by atoms with E-state index in [1.54, 1.807) is 0 Å². The minimum absolute atomic E-state index is 0.00583. The second kappa shape index (κ2) is 8.52. The Balaban J connectivity index is 2.52. The quantitative estimate of drug-likeness (QED) is 0.391. The minimum Gasteiger partial charge on any atom is -0.300 e. The fraction of sp³-hybridized carbons (Fsp3) is 0.353. The number of hydrogen-bond acceptors (Lipinski definition) is 4. The van der Waals surface area contributed by atoms with Crippen molar-refractivity contribution in [2.75, 3.05) is 5.75 Å². The number of halogens is 5. The van der Waals surface area contributed by atoms with E-state index in [9.17, 15) is 31.9 Å². The van der Waals surface area contributed by atoms with E-state index in [0.717, 1.165) is 19.2 Å². The van der Waals surface area contributed by atoms with Crippen molar-refractivity contribution in [1.29, 1.82) is 0 Å². The van der Waals surface area contributed by atoms with Crippen molar-refractivity contribution in [3.63, 3.8) is 0 Å². The van der Waals surface area contributed by atoms with E-state index in [4.69, 9.17) is 11.6 Å². The van der Waals surface area contributed by atoms with Gasteiger partial charge in [0, 0.05) is 24.4 Å². The van der Waals surface area contributed by atoms with Gasteiger partial charge in [0.15, 0.2) is 0 Å². The van der Waals surface area contributed by atoms with Crippen molar-refractivity contribution in [1.82, 2.24) is 9.13 Å². The third-order valence-corrected chi connectivity index (χ3v) is 5.35. The Morgan fingerprint density at radius 1 is 1.21 bits per heavy atom. The van der Waals surface area contributed by atoms with E-state index in [1.165, 1.54) is 18.7 Å². The highest BCUT2D eigenvalue weighted by atomic mass is 35.5. The lowest BCUT2D eigenvalue weighted by Gasteiger charge is -2.15. The molecule has 152 valence electrons. The van der Waals surface area contributed by atoms with E-state index < -0.39 is 34.6 Å². The first-order chi connectivity index (χ1) is 12.9. The van der Waals surface area contributed by atoms with Gasteiger partial charge in [0.1, 0.15) is 17.3 Å². The van der Waals surface area contributed by atoms with Crippen LogP contribution in [0.15, 0.2) is 32.7 Å². The summed E-state index contributed by atoms with van der Waals surface area (Å²) < 4.78 is 53.7. The molecule has 0 saturated carbocycles. The van der Waals surface area contributed by atoms with Gasteiger partial charge in [-0.15, -0.1) is 11.8 Å². The molecule has 0 fully saturated rings. The van der Waals surface area contributed by atoms with E-state index in [-0.39, 0.29) is 21.4 Å². The van der Waals surface area contributed by atoms with Crippen LogP contribution >= 0.6 is 23.4 Å². The second-order valence-corrected chi connectivity index (χ2v) is 7.47. The topological polar surface area (TPSA) is 61.1 Å². The summed E-state index contributed by atoms with van der Waals surface area (Å²) in [6.45, 7) is 1.44. The molecule has 1 aromatic heterocycles. The van der Waals surface area contributed by atoms with Gasteiger partial charge in [-0.3, -0.25) is 9.36 Å². The molecule has 2 aromatic rings. The molecule has 0 saturated heterocycles. The molecule has 0 radical (unpaired) electrons. The Labute approximate surface area is 165 Å². The molecule has 0 aliphatic carbocycles. The number of aromatic nitrogens is 2. The average molecular weight is 439 g/mol. The zero-order valence-corrected chi connectivity index (χ0v) is 16.3. The molecule has 0 spiro atoms. The summed E-state index contributed by atoms with van der Waals surface area (Å²) in [6, 6.07) is 2.25. The summed E-state index contributed by atoms with van der Waals surface area (Å²) in [4.78, 5) is 35.8. The molecule has 1 aromatic carbocycles. The molecule has 0 aliphatic heterocycles. The van der Waals surface area contributed by atoms with Crippen molar-refractivity contribution in [3.8, 4) is 5.69 Å². The number of alkyl halides is 3. The highest BCUT2D eigenvalue weighted by molar-refractivity contribution is 7.99. The molecule has 1 heterocycles. The molecule has 28 heavy (non-hydrogen) atoms. The summed E-state index contributed by atoms with van der Waals surface area (Å²) in [5.74, 6) is -0.562. The summed E-state index contributed by atoms with van der Waals surface area (Å²) in [7, 11) is 0.840. The predicted molar refractivity (Wildman–Crippen MR) is 97.9 cm³/mol. The van der Waals surface area contributed by atoms with Crippen molar-refractivity contribution in [2.24, 2.45) is 7.05 Å². The van der Waals surface area contributed by atoms with Gasteiger partial charge in [-0.05, 0) is 31.2 Å². The van der Waals surface area contributed by atoms with Crippen LogP contribution in [0.25, 0.3) is 5.69 Å². The van der Waals surface area contributed by atoms with E-state index in [0.29, 0.717) is 28.1 Å². The number of carbonyl (C=O) groups is 1. The summed E-state index contributed by atoms with van der Waals surface area (Å²) >= 11 is 7.15. The van der Waals surface area contributed by atoms with Crippen LogP contribution in [0.3, 0.4) is 0 Å². The van der Waals surface area contributed by atoms with Crippen LogP contribution in [0, 0.1) is 5.82 Å². The number of hydrogen-bond donors (Lipinski definition) is 0. The van der Waals surface area contributed by atoms with Gasteiger partial charge in [-0.1, -0.05) is 11.6 Å². The van der Waals surface area contributed by atoms with Gasteiger partial charge in [0.25, 0.3) is 5.56 Å². The molecule has 0 aliphatic rings. The number of thioether (sulfide) groups is 1. The van der Waals surface area contributed by atoms with E-state index in [2.05, 4.69) is 0 Å². The van der Waals surface area contributed by atoms with Crippen LogP contribution in [-0.2, 0) is 18.0 Å². The molecule has 5 nitrogen and oxygen atoms in total. The van der Waals surface area contributed by atoms with Crippen LogP contribution < -0.4 is 11.2 Å². The van der Waals surface area contributed by atoms with Gasteiger partial charge >= 0.3 is 11.9 Å². The molecule has 0 atom stereocenters. The fourth-order valence-electron chi connectivity index (χ4n) is 2.42. The molecular weight excluding hydrogens is 424 g/mol. The molecule has 2 rings (SSSR count). The Hall–Kier alpha value is -2.07. The first kappa shape index (κ1) is 22.2. The largest absolute Gasteiger partial charge is 0.431 e. The zero-order chi connectivity index (χ0) is 21.2. The Morgan fingerprint density at radius 2 is 1.86 bits per heavy atom. The van der Waals surface area contributed by atoms with Gasteiger partial charge in [0.05, 0.1) is 10.7 Å². The maximum atomic E-state index is 14.4. The standard InChI is InChI=1S/C17H15ClF4N2O3S/c1-9(25)4-3-5-28-13-7-12(11(19)6-10(13)18)24-15(26)8-14(17(20,21)22)23(2)16(24)27/h6-8H,3-5H2,1-2H3. The first-order valence-electron chi connectivity index (χ1n) is 7.95. The predicted octanol–water partition coefficient (Wildman–Crippen LogP) is 3.81. The number of carbonyl (C=O) groups excluding carboxylic acids is 1. The van der Waals surface area contributed by atoms with E-state index in [1.807, 2.05) is 0 Å². The van der Waals surface area contributed by atoms with Crippen LogP contribution in [0.5, 0.6) is 0 Å². The molecule has 0 amide bonds. The Morgan fingerprint density at radius 3 is 2.43 bits per heavy atom. The highest BCUT2D eigenvalue weighted by Gasteiger charge is 2.35. The van der Waals surface area contributed by atoms with Gasteiger partial charge in [-0.2, -0.15) is 13.2 Å². The number of rotatable bonds is 6. The molecule has 11 heteroatoms. The van der Waals surface area contributed by atoms with Crippen LogP contribution in [-0.4, -0.2) is 20.7 Å². The monoisotopic (exact) mass is 438 g/mol.